The molecular formula is C12H19BrN6. The summed E-state index contributed by atoms with van der Waals surface area (Å²) in [4.78, 5) is 0. The molecule has 2 heterocycles. The second kappa shape index (κ2) is 6.29. The SMILES string of the molecule is CCCNCc1cn(Cc2c(Br)c(C)nn2C)nn1. The first-order chi connectivity index (χ1) is 9.11. The van der Waals surface area contributed by atoms with Gasteiger partial charge in [0.2, 0.25) is 0 Å². The molecule has 0 aromatic carbocycles. The fourth-order valence-corrected chi connectivity index (χ4v) is 2.36. The molecule has 0 spiro atoms. The minimum Gasteiger partial charge on any atom is -0.311 e. The third kappa shape index (κ3) is 3.42. The van der Waals surface area contributed by atoms with Crippen molar-refractivity contribution in [1.82, 2.24) is 30.1 Å². The standard InChI is InChI=1S/C12H19BrN6/c1-4-5-14-6-10-7-19(17-15-10)8-11-12(13)9(2)16-18(11)3/h7,14H,4-6,8H2,1-3H3. The lowest BCUT2D eigenvalue weighted by Gasteiger charge is -2.02. The van der Waals surface area contributed by atoms with E-state index in [-0.39, 0.29) is 0 Å². The number of nitrogens with one attached hydrogen (secondary N) is 1. The van der Waals surface area contributed by atoms with Crippen molar-refractivity contribution >= 4 is 15.9 Å². The topological polar surface area (TPSA) is 60.6 Å². The minimum absolute atomic E-state index is 0.665. The Morgan fingerprint density at radius 2 is 2.21 bits per heavy atom. The molecule has 0 saturated carbocycles. The number of hydrogen-bond donors (Lipinski definition) is 1. The second-order valence-corrected chi connectivity index (χ2v) is 5.35. The van der Waals surface area contributed by atoms with Crippen LogP contribution in [-0.2, 0) is 20.1 Å². The van der Waals surface area contributed by atoms with Gasteiger partial charge in [0, 0.05) is 13.6 Å². The maximum Gasteiger partial charge on any atom is 0.0964 e. The number of halogens is 1. The Morgan fingerprint density at radius 3 is 2.84 bits per heavy atom. The van der Waals surface area contributed by atoms with Gasteiger partial charge in [0.1, 0.15) is 0 Å². The summed E-state index contributed by atoms with van der Waals surface area (Å²) in [6, 6.07) is 0. The van der Waals surface area contributed by atoms with Gasteiger partial charge in [-0.3, -0.25) is 4.68 Å². The minimum atomic E-state index is 0.665. The summed E-state index contributed by atoms with van der Waals surface area (Å²) in [6.07, 6.45) is 3.09. The second-order valence-electron chi connectivity index (χ2n) is 4.55. The maximum absolute atomic E-state index is 4.37. The van der Waals surface area contributed by atoms with Crippen molar-refractivity contribution in [1.29, 1.82) is 0 Å². The van der Waals surface area contributed by atoms with Gasteiger partial charge in [-0.1, -0.05) is 12.1 Å². The third-order valence-electron chi connectivity index (χ3n) is 2.89. The van der Waals surface area contributed by atoms with Crippen LogP contribution in [0.15, 0.2) is 10.7 Å². The van der Waals surface area contributed by atoms with Crippen molar-refractivity contribution in [3.8, 4) is 0 Å². The Balaban J connectivity index is 2.03. The van der Waals surface area contributed by atoms with E-state index in [4.69, 9.17) is 0 Å². The van der Waals surface area contributed by atoms with Gasteiger partial charge in [0.05, 0.1) is 34.3 Å². The Hall–Kier alpha value is -1.21. The van der Waals surface area contributed by atoms with Crippen molar-refractivity contribution < 1.29 is 0 Å². The molecule has 2 rings (SSSR count). The lowest BCUT2D eigenvalue weighted by atomic mass is 10.3. The van der Waals surface area contributed by atoms with Crippen LogP contribution in [0, 0.1) is 6.92 Å². The van der Waals surface area contributed by atoms with E-state index in [0.29, 0.717) is 6.54 Å². The van der Waals surface area contributed by atoms with Crippen LogP contribution in [0.25, 0.3) is 0 Å². The maximum atomic E-state index is 4.37. The van der Waals surface area contributed by atoms with Crippen LogP contribution in [0.1, 0.15) is 30.4 Å². The highest BCUT2D eigenvalue weighted by Crippen LogP contribution is 2.20. The van der Waals surface area contributed by atoms with Crippen LogP contribution in [0.5, 0.6) is 0 Å². The molecule has 7 heteroatoms. The molecule has 0 fully saturated rings. The molecule has 0 bridgehead atoms. The van der Waals surface area contributed by atoms with E-state index >= 15 is 0 Å². The lowest BCUT2D eigenvalue weighted by Crippen LogP contribution is -2.14. The summed E-state index contributed by atoms with van der Waals surface area (Å²) in [5.41, 5.74) is 3.04. The van der Waals surface area contributed by atoms with Crippen molar-refractivity contribution in [3.05, 3.63) is 27.8 Å². The Kier molecular flexibility index (Phi) is 4.71. The van der Waals surface area contributed by atoms with E-state index in [9.17, 15) is 0 Å². The van der Waals surface area contributed by atoms with Gasteiger partial charge >= 0.3 is 0 Å². The summed E-state index contributed by atoms with van der Waals surface area (Å²) in [7, 11) is 1.94. The fraction of sp³-hybridized carbons (Fsp3) is 0.583. The molecule has 0 atom stereocenters. The van der Waals surface area contributed by atoms with Crippen molar-refractivity contribution in [3.63, 3.8) is 0 Å². The van der Waals surface area contributed by atoms with Crippen LogP contribution in [-0.4, -0.2) is 31.3 Å². The molecule has 0 aliphatic rings. The van der Waals surface area contributed by atoms with Crippen LogP contribution in [0.4, 0.5) is 0 Å². The molecular weight excluding hydrogens is 308 g/mol. The summed E-state index contributed by atoms with van der Waals surface area (Å²) in [5, 5.41) is 16.0. The Morgan fingerprint density at radius 1 is 1.42 bits per heavy atom. The van der Waals surface area contributed by atoms with Crippen LogP contribution < -0.4 is 5.32 Å². The molecule has 0 radical (unpaired) electrons. The van der Waals surface area contributed by atoms with Crippen LogP contribution in [0.3, 0.4) is 0 Å². The van der Waals surface area contributed by atoms with Gasteiger partial charge in [0.15, 0.2) is 0 Å². The number of aryl methyl sites for hydroxylation is 2. The largest absolute Gasteiger partial charge is 0.311 e. The number of nitrogens with zero attached hydrogens (tertiary/aromatic N) is 5. The predicted molar refractivity (Wildman–Crippen MR) is 76.8 cm³/mol. The summed E-state index contributed by atoms with van der Waals surface area (Å²) >= 11 is 3.56. The molecule has 0 aliphatic heterocycles. The zero-order chi connectivity index (χ0) is 13.8. The third-order valence-corrected chi connectivity index (χ3v) is 3.92. The molecule has 19 heavy (non-hydrogen) atoms. The molecule has 6 nitrogen and oxygen atoms in total. The van der Waals surface area contributed by atoms with Crippen molar-refractivity contribution in [2.75, 3.05) is 6.54 Å². The fourth-order valence-electron chi connectivity index (χ4n) is 1.90. The molecule has 2 aromatic rings. The summed E-state index contributed by atoms with van der Waals surface area (Å²) in [5.74, 6) is 0. The van der Waals surface area contributed by atoms with E-state index in [2.05, 4.69) is 43.6 Å². The molecule has 0 saturated heterocycles. The summed E-state index contributed by atoms with van der Waals surface area (Å²) in [6.45, 7) is 6.55. The van der Waals surface area contributed by atoms with E-state index in [1.54, 1.807) is 0 Å². The first kappa shape index (κ1) is 14.2. The van der Waals surface area contributed by atoms with E-state index in [0.717, 1.165) is 41.1 Å². The van der Waals surface area contributed by atoms with Gasteiger partial charge < -0.3 is 5.32 Å². The molecule has 0 aliphatic carbocycles. The normalized spacial score (nSPS) is 11.2. The number of aromatic nitrogens is 5. The first-order valence-corrected chi connectivity index (χ1v) is 7.18. The first-order valence-electron chi connectivity index (χ1n) is 6.39. The molecule has 0 amide bonds. The van der Waals surface area contributed by atoms with Crippen LogP contribution in [0.2, 0.25) is 0 Å². The highest BCUT2D eigenvalue weighted by Gasteiger charge is 2.12. The molecule has 1 N–H and O–H groups in total. The quantitative estimate of drug-likeness (QED) is 0.820. The lowest BCUT2D eigenvalue weighted by molar-refractivity contribution is 0.597. The average molecular weight is 327 g/mol. The van der Waals surface area contributed by atoms with Crippen LogP contribution >= 0.6 is 15.9 Å². The highest BCUT2D eigenvalue weighted by molar-refractivity contribution is 9.10. The number of hydrogen-bond acceptors (Lipinski definition) is 4. The number of rotatable bonds is 6. The zero-order valence-electron chi connectivity index (χ0n) is 11.5. The molecule has 104 valence electrons. The average Bonchev–Trinajstić information content (AvgIpc) is 2.91. The van der Waals surface area contributed by atoms with E-state index in [1.807, 2.05) is 29.5 Å². The molecule has 0 unspecified atom stereocenters. The van der Waals surface area contributed by atoms with Gasteiger partial charge in [0.25, 0.3) is 0 Å². The predicted octanol–water partition coefficient (Wildman–Crippen LogP) is 1.63. The Bertz CT molecular complexity index is 544. The van der Waals surface area contributed by atoms with E-state index in [1.165, 1.54) is 0 Å². The zero-order valence-corrected chi connectivity index (χ0v) is 13.1. The molecule has 2 aromatic heterocycles. The smallest absolute Gasteiger partial charge is 0.0964 e. The summed E-state index contributed by atoms with van der Waals surface area (Å²) < 4.78 is 4.75. The van der Waals surface area contributed by atoms with Gasteiger partial charge in [-0.2, -0.15) is 5.10 Å². The van der Waals surface area contributed by atoms with Gasteiger partial charge in [-0.25, -0.2) is 4.68 Å². The van der Waals surface area contributed by atoms with Crippen molar-refractivity contribution in [2.45, 2.75) is 33.4 Å². The van der Waals surface area contributed by atoms with Gasteiger partial charge in [-0.05, 0) is 35.8 Å². The Labute approximate surface area is 121 Å². The van der Waals surface area contributed by atoms with E-state index < -0.39 is 0 Å². The monoisotopic (exact) mass is 326 g/mol. The highest BCUT2D eigenvalue weighted by atomic mass is 79.9. The van der Waals surface area contributed by atoms with Gasteiger partial charge in [-0.15, -0.1) is 5.10 Å². The van der Waals surface area contributed by atoms with Crippen molar-refractivity contribution in [2.24, 2.45) is 7.05 Å².